The molecule has 2 rings (SSSR count). The minimum absolute atomic E-state index is 0.0677. The highest BCUT2D eigenvalue weighted by atomic mass is 32.2. The Hall–Kier alpha value is -3.15. The van der Waals surface area contributed by atoms with Crippen molar-refractivity contribution in [2.45, 2.75) is 18.2 Å². The Kier molecular flexibility index (Phi) is 6.71. The van der Waals surface area contributed by atoms with Crippen LogP contribution in [-0.2, 0) is 14.8 Å². The summed E-state index contributed by atoms with van der Waals surface area (Å²) in [5.74, 6) is 0.110. The first kappa shape index (κ1) is 20.2. The molecule has 0 aliphatic heterocycles. The molecule has 3 N–H and O–H groups in total. The standard InChI is InChI=1S/C19H19N3O4S/c1-2-11-26-17-7-3-14(4-8-17)12-15(13-20)19(23)22-16-5-9-18(10-6-16)27(21,24)25/h3-10,12H,2,11H2,1H3,(H,22,23)(H2,21,24,25)/b15-12+. The normalized spacial score (nSPS) is 11.5. The lowest BCUT2D eigenvalue weighted by atomic mass is 10.1. The highest BCUT2D eigenvalue weighted by molar-refractivity contribution is 7.89. The number of hydrogen-bond donors (Lipinski definition) is 2. The molecule has 0 fully saturated rings. The van der Waals surface area contributed by atoms with Gasteiger partial charge in [0.15, 0.2) is 0 Å². The Morgan fingerprint density at radius 2 is 1.81 bits per heavy atom. The monoisotopic (exact) mass is 385 g/mol. The lowest BCUT2D eigenvalue weighted by Gasteiger charge is -2.06. The van der Waals surface area contributed by atoms with Crippen LogP contribution >= 0.6 is 0 Å². The second kappa shape index (κ2) is 8.98. The first-order valence-electron chi connectivity index (χ1n) is 8.12. The highest BCUT2D eigenvalue weighted by Gasteiger charge is 2.11. The molecular weight excluding hydrogens is 366 g/mol. The van der Waals surface area contributed by atoms with E-state index in [1.54, 1.807) is 24.3 Å². The average Bonchev–Trinajstić information content (AvgIpc) is 2.65. The molecule has 27 heavy (non-hydrogen) atoms. The van der Waals surface area contributed by atoms with Gasteiger partial charge in [-0.3, -0.25) is 4.79 Å². The highest BCUT2D eigenvalue weighted by Crippen LogP contribution is 2.17. The van der Waals surface area contributed by atoms with Crippen molar-refractivity contribution < 1.29 is 17.9 Å². The molecule has 0 spiro atoms. The quantitative estimate of drug-likeness (QED) is 0.560. The van der Waals surface area contributed by atoms with E-state index in [0.29, 0.717) is 23.6 Å². The number of nitrogens with one attached hydrogen (secondary N) is 1. The van der Waals surface area contributed by atoms with Gasteiger partial charge in [-0.05, 0) is 54.5 Å². The van der Waals surface area contributed by atoms with Gasteiger partial charge < -0.3 is 10.1 Å². The van der Waals surface area contributed by atoms with Crippen LogP contribution in [0.25, 0.3) is 6.08 Å². The number of nitriles is 1. The summed E-state index contributed by atoms with van der Waals surface area (Å²) in [5.41, 5.74) is 0.930. The van der Waals surface area contributed by atoms with Gasteiger partial charge in [0.2, 0.25) is 10.0 Å². The van der Waals surface area contributed by atoms with E-state index in [9.17, 15) is 18.5 Å². The van der Waals surface area contributed by atoms with Crippen LogP contribution < -0.4 is 15.2 Å². The van der Waals surface area contributed by atoms with Gasteiger partial charge in [0.25, 0.3) is 5.91 Å². The molecule has 2 aromatic rings. The van der Waals surface area contributed by atoms with Crippen molar-refractivity contribution in [2.24, 2.45) is 5.14 Å². The molecule has 0 aliphatic carbocycles. The fraction of sp³-hybridized carbons (Fsp3) is 0.158. The maximum absolute atomic E-state index is 12.3. The summed E-state index contributed by atoms with van der Waals surface area (Å²) < 4.78 is 28.0. The van der Waals surface area contributed by atoms with Crippen molar-refractivity contribution in [2.75, 3.05) is 11.9 Å². The second-order valence-electron chi connectivity index (χ2n) is 5.61. The van der Waals surface area contributed by atoms with Crippen molar-refractivity contribution >= 4 is 27.7 Å². The number of anilines is 1. The lowest BCUT2D eigenvalue weighted by molar-refractivity contribution is -0.112. The zero-order chi connectivity index (χ0) is 19.9. The Bertz CT molecular complexity index is 973. The number of hydrogen-bond acceptors (Lipinski definition) is 5. The molecule has 2 aromatic carbocycles. The second-order valence-corrected chi connectivity index (χ2v) is 7.17. The number of carbonyl (C=O) groups excluding carboxylic acids is 1. The van der Waals surface area contributed by atoms with Crippen LogP contribution in [0, 0.1) is 11.3 Å². The van der Waals surface area contributed by atoms with E-state index < -0.39 is 15.9 Å². The number of carbonyl (C=O) groups is 1. The minimum atomic E-state index is -3.81. The van der Waals surface area contributed by atoms with Gasteiger partial charge in [0.1, 0.15) is 17.4 Å². The first-order valence-corrected chi connectivity index (χ1v) is 9.67. The van der Waals surface area contributed by atoms with E-state index in [0.717, 1.165) is 6.42 Å². The molecule has 1 amide bonds. The molecule has 140 valence electrons. The van der Waals surface area contributed by atoms with Gasteiger partial charge in [-0.15, -0.1) is 0 Å². The summed E-state index contributed by atoms with van der Waals surface area (Å²) in [6.07, 6.45) is 2.36. The largest absolute Gasteiger partial charge is 0.494 e. The minimum Gasteiger partial charge on any atom is -0.494 e. The van der Waals surface area contributed by atoms with Crippen molar-refractivity contribution in [3.05, 3.63) is 59.7 Å². The van der Waals surface area contributed by atoms with E-state index in [1.807, 2.05) is 13.0 Å². The molecule has 8 heteroatoms. The van der Waals surface area contributed by atoms with Crippen molar-refractivity contribution in [3.8, 4) is 11.8 Å². The Labute approximate surface area is 158 Å². The van der Waals surface area contributed by atoms with Crippen LogP contribution in [0.4, 0.5) is 5.69 Å². The summed E-state index contributed by atoms with van der Waals surface area (Å²) >= 11 is 0. The number of rotatable bonds is 7. The molecule has 0 radical (unpaired) electrons. The van der Waals surface area contributed by atoms with Gasteiger partial charge in [-0.1, -0.05) is 19.1 Å². The van der Waals surface area contributed by atoms with E-state index in [1.165, 1.54) is 30.3 Å². The van der Waals surface area contributed by atoms with Crippen LogP contribution in [0.1, 0.15) is 18.9 Å². The maximum Gasteiger partial charge on any atom is 0.266 e. The fourth-order valence-corrected chi connectivity index (χ4v) is 2.64. The molecule has 0 saturated carbocycles. The molecule has 0 aliphatic rings. The third-order valence-corrected chi connectivity index (χ3v) is 4.40. The molecular formula is C19H19N3O4S. The molecule has 0 heterocycles. The number of nitrogens with zero attached hydrogens (tertiary/aromatic N) is 1. The van der Waals surface area contributed by atoms with Crippen molar-refractivity contribution in [1.29, 1.82) is 5.26 Å². The Morgan fingerprint density at radius 3 is 2.33 bits per heavy atom. The summed E-state index contributed by atoms with van der Waals surface area (Å²) in [5, 5.41) is 16.8. The van der Waals surface area contributed by atoms with Gasteiger partial charge >= 0.3 is 0 Å². The Morgan fingerprint density at radius 1 is 1.19 bits per heavy atom. The number of ether oxygens (including phenoxy) is 1. The summed E-state index contributed by atoms with van der Waals surface area (Å²) in [6, 6.07) is 14.2. The summed E-state index contributed by atoms with van der Waals surface area (Å²) in [7, 11) is -3.81. The topological polar surface area (TPSA) is 122 Å². The molecule has 0 bridgehead atoms. The van der Waals surface area contributed by atoms with E-state index >= 15 is 0 Å². The van der Waals surface area contributed by atoms with Gasteiger partial charge in [0, 0.05) is 5.69 Å². The SMILES string of the molecule is CCCOc1ccc(/C=C(\C#N)C(=O)Nc2ccc(S(N)(=O)=O)cc2)cc1. The number of amides is 1. The van der Waals surface area contributed by atoms with E-state index in [4.69, 9.17) is 9.88 Å². The third kappa shape index (κ3) is 5.95. The molecule has 0 aromatic heterocycles. The smallest absolute Gasteiger partial charge is 0.266 e. The summed E-state index contributed by atoms with van der Waals surface area (Å²) in [6.45, 7) is 2.63. The number of primary sulfonamides is 1. The third-order valence-electron chi connectivity index (χ3n) is 3.47. The lowest BCUT2D eigenvalue weighted by Crippen LogP contribution is -2.14. The van der Waals surface area contributed by atoms with E-state index in [2.05, 4.69) is 5.32 Å². The van der Waals surface area contributed by atoms with Gasteiger partial charge in [0.05, 0.1) is 11.5 Å². The van der Waals surface area contributed by atoms with Gasteiger partial charge in [-0.2, -0.15) is 5.26 Å². The van der Waals surface area contributed by atoms with Crippen LogP contribution in [0.3, 0.4) is 0 Å². The molecule has 7 nitrogen and oxygen atoms in total. The predicted octanol–water partition coefficient (Wildman–Crippen LogP) is 2.67. The maximum atomic E-state index is 12.3. The van der Waals surface area contributed by atoms with Gasteiger partial charge in [-0.25, -0.2) is 13.6 Å². The molecule has 0 saturated heterocycles. The van der Waals surface area contributed by atoms with Crippen LogP contribution in [0.5, 0.6) is 5.75 Å². The van der Waals surface area contributed by atoms with Crippen LogP contribution in [-0.4, -0.2) is 20.9 Å². The fourth-order valence-electron chi connectivity index (χ4n) is 2.12. The average molecular weight is 385 g/mol. The van der Waals surface area contributed by atoms with E-state index in [-0.39, 0.29) is 10.5 Å². The predicted molar refractivity (Wildman–Crippen MR) is 102 cm³/mol. The van der Waals surface area contributed by atoms with Crippen molar-refractivity contribution in [3.63, 3.8) is 0 Å². The first-order chi connectivity index (χ1) is 12.8. The van der Waals surface area contributed by atoms with Crippen LogP contribution in [0.2, 0.25) is 0 Å². The number of sulfonamides is 1. The summed E-state index contributed by atoms with van der Waals surface area (Å²) in [4.78, 5) is 12.2. The van der Waals surface area contributed by atoms with Crippen LogP contribution in [0.15, 0.2) is 59.0 Å². The zero-order valence-electron chi connectivity index (χ0n) is 14.7. The number of benzene rings is 2. The zero-order valence-corrected chi connectivity index (χ0v) is 15.5. The van der Waals surface area contributed by atoms with Crippen molar-refractivity contribution in [1.82, 2.24) is 0 Å². The Balaban J connectivity index is 2.11. The molecule has 0 atom stereocenters. The number of nitrogens with two attached hydrogens (primary N) is 1. The molecule has 0 unspecified atom stereocenters.